The van der Waals surface area contributed by atoms with Crippen molar-refractivity contribution in [3.05, 3.63) is 85.1 Å². The molecule has 15 heteroatoms. The molecule has 7 N–H and O–H groups in total. The van der Waals surface area contributed by atoms with Crippen molar-refractivity contribution >= 4 is 11.9 Å². The van der Waals surface area contributed by atoms with Crippen molar-refractivity contribution in [1.29, 1.82) is 0 Å². The summed E-state index contributed by atoms with van der Waals surface area (Å²) in [5.74, 6) is -1.02. The summed E-state index contributed by atoms with van der Waals surface area (Å²) in [5, 5.41) is 72.2. The predicted octanol–water partition coefficient (Wildman–Crippen LogP) is 8.38. The molecule has 2 fully saturated rings. The van der Waals surface area contributed by atoms with Gasteiger partial charge in [0.05, 0.1) is 19.8 Å². The monoisotopic (exact) mass is 1020 g/mol. The Morgan fingerprint density at radius 1 is 0.458 bits per heavy atom. The van der Waals surface area contributed by atoms with Crippen molar-refractivity contribution in [2.24, 2.45) is 0 Å². The molecule has 0 aromatic carbocycles. The number of esters is 2. The molecular formula is C57H94O15. The fourth-order valence-corrected chi connectivity index (χ4v) is 7.93. The molecule has 15 nitrogen and oxygen atoms in total. The Labute approximate surface area is 431 Å². The summed E-state index contributed by atoms with van der Waals surface area (Å²) in [7, 11) is 0. The van der Waals surface area contributed by atoms with Crippen LogP contribution in [0.4, 0.5) is 0 Å². The van der Waals surface area contributed by atoms with Gasteiger partial charge in [-0.05, 0) is 83.5 Å². The van der Waals surface area contributed by atoms with Gasteiger partial charge in [0.1, 0.15) is 55.4 Å². The molecule has 412 valence electrons. The lowest BCUT2D eigenvalue weighted by Crippen LogP contribution is -2.61. The van der Waals surface area contributed by atoms with Crippen LogP contribution in [0.2, 0.25) is 0 Å². The minimum atomic E-state index is -1.78. The molecule has 0 spiro atoms. The number of ether oxygens (including phenoxy) is 6. The van der Waals surface area contributed by atoms with E-state index in [4.69, 9.17) is 28.4 Å². The number of allylic oxidation sites excluding steroid dienone is 14. The van der Waals surface area contributed by atoms with Crippen LogP contribution >= 0.6 is 0 Å². The van der Waals surface area contributed by atoms with E-state index in [0.717, 1.165) is 64.2 Å². The molecule has 0 radical (unpaired) electrons. The van der Waals surface area contributed by atoms with Gasteiger partial charge >= 0.3 is 11.9 Å². The van der Waals surface area contributed by atoms with Crippen molar-refractivity contribution in [3.8, 4) is 0 Å². The van der Waals surface area contributed by atoms with Gasteiger partial charge in [0.2, 0.25) is 0 Å². The van der Waals surface area contributed by atoms with Crippen LogP contribution in [0.15, 0.2) is 85.1 Å². The van der Waals surface area contributed by atoms with Gasteiger partial charge in [-0.3, -0.25) is 9.59 Å². The van der Waals surface area contributed by atoms with Crippen molar-refractivity contribution < 1.29 is 73.8 Å². The van der Waals surface area contributed by atoms with Crippen molar-refractivity contribution in [2.75, 3.05) is 26.4 Å². The summed E-state index contributed by atoms with van der Waals surface area (Å²) in [6, 6.07) is 0. The molecular weight excluding hydrogens is 925 g/mol. The molecule has 2 heterocycles. The Balaban J connectivity index is 1.83. The maximum Gasteiger partial charge on any atom is 0.306 e. The van der Waals surface area contributed by atoms with E-state index in [1.807, 2.05) is 6.08 Å². The number of unbranched alkanes of at least 4 members (excludes halogenated alkanes) is 13. The highest BCUT2D eigenvalue weighted by atomic mass is 16.7. The van der Waals surface area contributed by atoms with Crippen LogP contribution in [0.1, 0.15) is 168 Å². The first-order valence-electron chi connectivity index (χ1n) is 27.2. The second-order valence-corrected chi connectivity index (χ2v) is 18.7. The third-order valence-corrected chi connectivity index (χ3v) is 12.4. The van der Waals surface area contributed by atoms with Gasteiger partial charge in [-0.25, -0.2) is 0 Å². The van der Waals surface area contributed by atoms with E-state index < -0.39 is 99.3 Å². The van der Waals surface area contributed by atoms with Crippen LogP contribution in [0.5, 0.6) is 0 Å². The molecule has 0 aromatic heterocycles. The van der Waals surface area contributed by atoms with Crippen molar-refractivity contribution in [2.45, 2.75) is 235 Å². The normalized spacial score (nSPS) is 25.7. The largest absolute Gasteiger partial charge is 0.462 e. The molecule has 11 atom stereocenters. The molecule has 2 aliphatic heterocycles. The highest BCUT2D eigenvalue weighted by molar-refractivity contribution is 5.70. The topological polar surface area (TPSA) is 231 Å². The first-order valence-corrected chi connectivity index (χ1v) is 27.2. The summed E-state index contributed by atoms with van der Waals surface area (Å²) in [4.78, 5) is 25.8. The van der Waals surface area contributed by atoms with E-state index in [2.05, 4.69) is 92.8 Å². The summed E-state index contributed by atoms with van der Waals surface area (Å²) in [6.07, 6.45) is 36.1. The molecule has 0 aliphatic carbocycles. The first kappa shape index (κ1) is 64.8. The Kier molecular flexibility index (Phi) is 38.7. The van der Waals surface area contributed by atoms with Gasteiger partial charge in [0, 0.05) is 12.8 Å². The van der Waals surface area contributed by atoms with E-state index in [1.165, 1.54) is 57.8 Å². The molecule has 72 heavy (non-hydrogen) atoms. The molecule has 4 unspecified atom stereocenters. The number of carbonyl (C=O) groups excluding carboxylic acids is 2. The lowest BCUT2D eigenvalue weighted by atomic mass is 9.98. The lowest BCUT2D eigenvalue weighted by Gasteiger charge is -2.42. The van der Waals surface area contributed by atoms with E-state index in [9.17, 15) is 45.3 Å². The second-order valence-electron chi connectivity index (χ2n) is 18.7. The second kappa shape index (κ2) is 43.0. The zero-order chi connectivity index (χ0) is 52.4. The van der Waals surface area contributed by atoms with Gasteiger partial charge in [-0.15, -0.1) is 0 Å². The quantitative estimate of drug-likeness (QED) is 0.0173. The minimum Gasteiger partial charge on any atom is -0.462 e. The molecule has 2 aliphatic rings. The molecule has 0 aromatic rings. The third-order valence-electron chi connectivity index (χ3n) is 12.4. The number of hydrogen-bond acceptors (Lipinski definition) is 15. The van der Waals surface area contributed by atoms with Crippen LogP contribution in [-0.2, 0) is 38.0 Å². The van der Waals surface area contributed by atoms with Crippen LogP contribution < -0.4 is 0 Å². The number of carbonyl (C=O) groups is 2. The van der Waals surface area contributed by atoms with Gasteiger partial charge in [-0.2, -0.15) is 0 Å². The van der Waals surface area contributed by atoms with Gasteiger partial charge in [0.15, 0.2) is 18.7 Å². The van der Waals surface area contributed by atoms with Gasteiger partial charge < -0.3 is 64.2 Å². The van der Waals surface area contributed by atoms with E-state index in [1.54, 1.807) is 0 Å². The van der Waals surface area contributed by atoms with Gasteiger partial charge in [0.25, 0.3) is 0 Å². The summed E-state index contributed by atoms with van der Waals surface area (Å²) in [5.41, 5.74) is 0. The Morgan fingerprint density at radius 3 is 1.42 bits per heavy atom. The van der Waals surface area contributed by atoms with E-state index in [0.29, 0.717) is 19.3 Å². The number of aliphatic hydroxyl groups is 7. The van der Waals surface area contributed by atoms with Crippen molar-refractivity contribution in [1.82, 2.24) is 0 Å². The lowest BCUT2D eigenvalue weighted by molar-refractivity contribution is -0.332. The standard InChI is InChI=1S/C57H94O15/c1-3-5-7-9-11-13-15-17-19-21-22-24-25-27-29-31-33-35-37-39-48(59)67-42-45(70-49(60)40-38-36-34-32-30-28-26-23-20-18-16-14-12-10-8-6-4-2)43-68-56-55(66)53(64)51(62)47(72-56)44-69-57-54(65)52(63)50(61)46(41-58)71-57/h5,7,11,13,17,19,22,24,26-29,32,34,45-47,50-58,61-66H,3-4,6,8-10,12,14-16,18,20-21,23,25,30-31,33,35-44H2,1-2H3/b7-5+,13-11+,19-17+,24-22+,28-26+,29-27+,34-32+/t45-,46+,47+,50-,51-,52?,53?,54?,55?,56+,57+/m0/s1. The van der Waals surface area contributed by atoms with Crippen molar-refractivity contribution in [3.63, 3.8) is 0 Å². The smallest absolute Gasteiger partial charge is 0.306 e. The summed E-state index contributed by atoms with van der Waals surface area (Å²) >= 11 is 0. The van der Waals surface area contributed by atoms with Crippen LogP contribution in [-0.4, -0.2) is 142 Å². The molecule has 0 amide bonds. The first-order chi connectivity index (χ1) is 35.0. The maximum atomic E-state index is 13.0. The molecule has 0 bridgehead atoms. The third kappa shape index (κ3) is 30.1. The molecule has 2 rings (SSSR count). The molecule has 2 saturated heterocycles. The Bertz CT molecular complexity index is 1570. The zero-order valence-corrected chi connectivity index (χ0v) is 43.6. The van der Waals surface area contributed by atoms with E-state index in [-0.39, 0.29) is 19.4 Å². The van der Waals surface area contributed by atoms with Crippen LogP contribution in [0, 0.1) is 0 Å². The highest BCUT2D eigenvalue weighted by Crippen LogP contribution is 2.26. The fraction of sp³-hybridized carbons (Fsp3) is 0.719. The van der Waals surface area contributed by atoms with Crippen LogP contribution in [0.3, 0.4) is 0 Å². The fourth-order valence-electron chi connectivity index (χ4n) is 7.93. The number of aliphatic hydroxyl groups excluding tert-OH is 7. The SMILES string of the molecule is CC/C=C/C/C=C/C/C=C/C/C=C/C/C=C/CCCCCC(=O)OC[C@@H](CO[C@@H]1O[C@H](CO[C@@H]2O[C@H](CO)[C@H](O)C(O)C2O)[C@H](O)C(O)C1O)OC(=O)CCC/C=C/C/C=C/CCCCCCCCCCC. The van der Waals surface area contributed by atoms with E-state index >= 15 is 0 Å². The zero-order valence-electron chi connectivity index (χ0n) is 43.6. The maximum absolute atomic E-state index is 13.0. The summed E-state index contributed by atoms with van der Waals surface area (Å²) < 4.78 is 33.5. The highest BCUT2D eigenvalue weighted by Gasteiger charge is 2.47. The average molecular weight is 1020 g/mol. The number of rotatable bonds is 41. The van der Waals surface area contributed by atoms with Gasteiger partial charge in [-0.1, -0.05) is 157 Å². The molecule has 0 saturated carbocycles. The minimum absolute atomic E-state index is 0.0892. The predicted molar refractivity (Wildman–Crippen MR) is 279 cm³/mol. The number of hydrogen-bond donors (Lipinski definition) is 7. The average Bonchev–Trinajstić information content (AvgIpc) is 3.37. The van der Waals surface area contributed by atoms with Crippen LogP contribution in [0.25, 0.3) is 0 Å². The summed E-state index contributed by atoms with van der Waals surface area (Å²) in [6.45, 7) is 2.39. The Morgan fingerprint density at radius 2 is 0.889 bits per heavy atom. The Hall–Kier alpha value is -3.32.